The molecule has 1 aromatic rings. The Bertz CT molecular complexity index is 435. The summed E-state index contributed by atoms with van der Waals surface area (Å²) in [6.45, 7) is 2.00. The van der Waals surface area contributed by atoms with E-state index in [2.05, 4.69) is 15.6 Å². The normalized spacial score (nSPS) is 18.3. The summed E-state index contributed by atoms with van der Waals surface area (Å²) < 4.78 is 5.57. The molecule has 1 atom stereocenters. The van der Waals surface area contributed by atoms with E-state index in [1.807, 2.05) is 6.92 Å². The van der Waals surface area contributed by atoms with Crippen LogP contribution in [0.15, 0.2) is 18.3 Å². The van der Waals surface area contributed by atoms with Gasteiger partial charge in [-0.05, 0) is 38.3 Å². The summed E-state index contributed by atoms with van der Waals surface area (Å²) >= 11 is 0. The predicted molar refractivity (Wildman–Crippen MR) is 74.3 cm³/mol. The summed E-state index contributed by atoms with van der Waals surface area (Å²) in [5, 5.41) is 5.93. The third-order valence-electron chi connectivity index (χ3n) is 4.02. The molecular formula is C14H21N3O2. The maximum Gasteiger partial charge on any atom is 0.253 e. The van der Waals surface area contributed by atoms with Crippen molar-refractivity contribution in [3.05, 3.63) is 23.9 Å². The zero-order chi connectivity index (χ0) is 13.9. The van der Waals surface area contributed by atoms with E-state index in [1.54, 1.807) is 32.5 Å². The first-order valence-corrected chi connectivity index (χ1v) is 6.61. The zero-order valence-electron chi connectivity index (χ0n) is 11.7. The molecule has 2 rings (SSSR count). The monoisotopic (exact) mass is 263 g/mol. The molecule has 0 bridgehead atoms. The quantitative estimate of drug-likeness (QED) is 0.850. The number of hydrogen-bond acceptors (Lipinski definition) is 4. The van der Waals surface area contributed by atoms with Gasteiger partial charge in [0.2, 0.25) is 0 Å². The van der Waals surface area contributed by atoms with E-state index in [0.717, 1.165) is 25.1 Å². The first-order chi connectivity index (χ1) is 9.11. The Morgan fingerprint density at radius 2 is 2.21 bits per heavy atom. The minimum Gasteiger partial charge on any atom is -0.376 e. The zero-order valence-corrected chi connectivity index (χ0v) is 11.7. The number of nitrogens with one attached hydrogen (secondary N) is 2. The molecule has 1 heterocycles. The van der Waals surface area contributed by atoms with Crippen molar-refractivity contribution in [1.29, 1.82) is 0 Å². The smallest absolute Gasteiger partial charge is 0.253 e. The van der Waals surface area contributed by atoms with Crippen molar-refractivity contribution < 1.29 is 9.53 Å². The second kappa shape index (κ2) is 5.57. The first-order valence-electron chi connectivity index (χ1n) is 6.61. The van der Waals surface area contributed by atoms with E-state index < -0.39 is 0 Å². The number of hydrogen-bond donors (Lipinski definition) is 2. The Hall–Kier alpha value is -1.62. The fourth-order valence-corrected chi connectivity index (χ4v) is 2.43. The molecule has 0 saturated heterocycles. The predicted octanol–water partition coefficient (Wildman–Crippen LogP) is 1.81. The average molecular weight is 263 g/mol. The number of nitrogens with zero attached hydrogens (tertiary/aromatic N) is 1. The highest BCUT2D eigenvalue weighted by Crippen LogP contribution is 2.37. The lowest BCUT2D eigenvalue weighted by Gasteiger charge is -2.45. The van der Waals surface area contributed by atoms with Crippen LogP contribution in [0.1, 0.15) is 36.5 Å². The van der Waals surface area contributed by atoms with Crippen molar-refractivity contribution in [2.75, 3.05) is 19.5 Å². The number of methoxy groups -OCH3 is 1. The molecule has 0 aliphatic heterocycles. The van der Waals surface area contributed by atoms with Crippen molar-refractivity contribution in [1.82, 2.24) is 10.3 Å². The third kappa shape index (κ3) is 2.71. The van der Waals surface area contributed by atoms with Crippen LogP contribution in [0, 0.1) is 0 Å². The van der Waals surface area contributed by atoms with Gasteiger partial charge in [0.25, 0.3) is 5.91 Å². The van der Waals surface area contributed by atoms with E-state index in [4.69, 9.17) is 4.74 Å². The second-order valence-corrected chi connectivity index (χ2v) is 5.00. The minimum atomic E-state index is -0.187. The number of anilines is 1. The van der Waals surface area contributed by atoms with Gasteiger partial charge >= 0.3 is 0 Å². The minimum absolute atomic E-state index is 0.00252. The lowest BCUT2D eigenvalue weighted by atomic mass is 9.75. The Balaban J connectivity index is 2.00. The number of carbonyl (C=O) groups excluding carboxylic acids is 1. The number of pyridine rings is 1. The Labute approximate surface area is 113 Å². The van der Waals surface area contributed by atoms with E-state index >= 15 is 0 Å². The van der Waals surface area contributed by atoms with Gasteiger partial charge in [-0.1, -0.05) is 0 Å². The molecule has 1 amide bonds. The average Bonchev–Trinajstić information content (AvgIpc) is 2.38. The molecule has 19 heavy (non-hydrogen) atoms. The van der Waals surface area contributed by atoms with E-state index in [-0.39, 0.29) is 17.6 Å². The molecule has 1 unspecified atom stereocenters. The van der Waals surface area contributed by atoms with Crippen molar-refractivity contribution in [3.63, 3.8) is 0 Å². The lowest BCUT2D eigenvalue weighted by Crippen LogP contribution is -2.56. The van der Waals surface area contributed by atoms with Crippen molar-refractivity contribution >= 4 is 11.7 Å². The molecule has 2 N–H and O–H groups in total. The molecule has 1 aromatic heterocycles. The highest BCUT2D eigenvalue weighted by molar-refractivity contribution is 5.94. The second-order valence-electron chi connectivity index (χ2n) is 5.00. The van der Waals surface area contributed by atoms with Gasteiger partial charge in [-0.15, -0.1) is 0 Å². The van der Waals surface area contributed by atoms with E-state index in [9.17, 15) is 4.79 Å². The summed E-state index contributed by atoms with van der Waals surface area (Å²) in [5.41, 5.74) is 0.380. The van der Waals surface area contributed by atoms with Crippen LogP contribution in [-0.4, -0.2) is 36.7 Å². The molecule has 0 spiro atoms. The van der Waals surface area contributed by atoms with Crippen LogP contribution < -0.4 is 10.6 Å². The molecular weight excluding hydrogens is 242 g/mol. The van der Waals surface area contributed by atoms with Crippen LogP contribution in [0.3, 0.4) is 0 Å². The number of aromatic nitrogens is 1. The van der Waals surface area contributed by atoms with Crippen LogP contribution in [-0.2, 0) is 4.74 Å². The van der Waals surface area contributed by atoms with Crippen LogP contribution in [0.2, 0.25) is 0 Å². The molecule has 5 heteroatoms. The SMILES string of the molecule is CNc1ccc(C(=O)NC(C)C2(OC)CCC2)cn1. The summed E-state index contributed by atoms with van der Waals surface area (Å²) in [6.07, 6.45) is 4.74. The maximum absolute atomic E-state index is 12.1. The van der Waals surface area contributed by atoms with Crippen molar-refractivity contribution in [3.8, 4) is 0 Å². The van der Waals surface area contributed by atoms with Crippen LogP contribution in [0.25, 0.3) is 0 Å². The van der Waals surface area contributed by atoms with E-state index in [1.165, 1.54) is 0 Å². The number of carbonyl (C=O) groups is 1. The highest BCUT2D eigenvalue weighted by Gasteiger charge is 2.42. The summed E-state index contributed by atoms with van der Waals surface area (Å²) in [4.78, 5) is 16.3. The van der Waals surface area contributed by atoms with Gasteiger partial charge in [0, 0.05) is 20.4 Å². The van der Waals surface area contributed by atoms with Gasteiger partial charge in [-0.25, -0.2) is 4.98 Å². The molecule has 104 valence electrons. The highest BCUT2D eigenvalue weighted by atomic mass is 16.5. The maximum atomic E-state index is 12.1. The standard InChI is InChI=1S/C14H21N3O2/c1-10(14(19-3)7-4-8-14)17-13(18)11-5-6-12(15-2)16-9-11/h5-6,9-10H,4,7-8H2,1-3H3,(H,15,16)(H,17,18). The third-order valence-corrected chi connectivity index (χ3v) is 4.02. The Kier molecular flexibility index (Phi) is 4.04. The van der Waals surface area contributed by atoms with Gasteiger partial charge in [-0.3, -0.25) is 4.79 Å². The largest absolute Gasteiger partial charge is 0.376 e. The molecule has 0 aromatic carbocycles. The molecule has 1 aliphatic rings. The number of ether oxygens (including phenoxy) is 1. The Morgan fingerprint density at radius 1 is 1.47 bits per heavy atom. The van der Waals surface area contributed by atoms with Crippen LogP contribution in [0.4, 0.5) is 5.82 Å². The van der Waals surface area contributed by atoms with Crippen LogP contribution >= 0.6 is 0 Å². The fourth-order valence-electron chi connectivity index (χ4n) is 2.43. The van der Waals surface area contributed by atoms with Crippen LogP contribution in [0.5, 0.6) is 0 Å². The van der Waals surface area contributed by atoms with Crippen molar-refractivity contribution in [2.24, 2.45) is 0 Å². The number of rotatable bonds is 5. The van der Waals surface area contributed by atoms with Gasteiger partial charge in [-0.2, -0.15) is 0 Å². The van der Waals surface area contributed by atoms with E-state index in [0.29, 0.717) is 5.56 Å². The molecule has 1 fully saturated rings. The molecule has 1 saturated carbocycles. The van der Waals surface area contributed by atoms with Crippen molar-refractivity contribution in [2.45, 2.75) is 37.8 Å². The van der Waals surface area contributed by atoms with Gasteiger partial charge in [0.05, 0.1) is 17.2 Å². The van der Waals surface area contributed by atoms with Gasteiger partial charge in [0.15, 0.2) is 0 Å². The number of amides is 1. The molecule has 0 radical (unpaired) electrons. The molecule has 5 nitrogen and oxygen atoms in total. The van der Waals surface area contributed by atoms with Gasteiger partial charge in [0.1, 0.15) is 5.82 Å². The first kappa shape index (κ1) is 13.8. The summed E-state index contributed by atoms with van der Waals surface area (Å²) in [7, 11) is 3.51. The topological polar surface area (TPSA) is 63.2 Å². The summed E-state index contributed by atoms with van der Waals surface area (Å²) in [5.74, 6) is 0.642. The molecule has 1 aliphatic carbocycles. The summed E-state index contributed by atoms with van der Waals surface area (Å²) in [6, 6.07) is 3.55. The Morgan fingerprint density at radius 3 is 2.63 bits per heavy atom. The fraction of sp³-hybridized carbons (Fsp3) is 0.571. The van der Waals surface area contributed by atoms with Gasteiger partial charge < -0.3 is 15.4 Å². The lowest BCUT2D eigenvalue weighted by molar-refractivity contribution is -0.0919.